The second-order valence-electron chi connectivity index (χ2n) is 4.04. The second-order valence-corrected chi connectivity index (χ2v) is 4.04. The molecule has 0 heterocycles. The standard InChI is InChI=1S/C12H18/c1-8(2)11-7-6-10(5)12(11)9(3)4/h6-9H,5H2,1-4H3. The molecule has 66 valence electrons. The highest BCUT2D eigenvalue weighted by atomic mass is 14.2. The molecule has 0 radical (unpaired) electrons. The summed E-state index contributed by atoms with van der Waals surface area (Å²) in [6.07, 6.45) is 4.34. The zero-order chi connectivity index (χ0) is 9.30. The van der Waals surface area contributed by atoms with E-state index in [2.05, 4.69) is 46.4 Å². The Balaban J connectivity index is 3.05. The van der Waals surface area contributed by atoms with Crippen molar-refractivity contribution >= 4 is 0 Å². The number of hydrogen-bond acceptors (Lipinski definition) is 0. The average Bonchev–Trinajstić information content (AvgIpc) is 2.30. The Morgan fingerprint density at radius 3 is 1.92 bits per heavy atom. The van der Waals surface area contributed by atoms with Crippen LogP contribution in [0, 0.1) is 11.8 Å². The molecule has 12 heavy (non-hydrogen) atoms. The summed E-state index contributed by atoms with van der Waals surface area (Å²) in [6, 6.07) is 0. The zero-order valence-corrected chi connectivity index (χ0v) is 8.52. The molecular formula is C12H18. The SMILES string of the molecule is C=C1C=CC(C(C)C)=C1C(C)C. The Hall–Kier alpha value is -0.780. The normalized spacial score (nSPS) is 17.3. The molecule has 0 fully saturated rings. The lowest BCUT2D eigenvalue weighted by Crippen LogP contribution is -2.00. The van der Waals surface area contributed by atoms with Crippen molar-refractivity contribution in [1.29, 1.82) is 0 Å². The first-order valence-electron chi connectivity index (χ1n) is 4.65. The maximum absolute atomic E-state index is 4.04. The van der Waals surface area contributed by atoms with Crippen molar-refractivity contribution in [2.24, 2.45) is 11.8 Å². The van der Waals surface area contributed by atoms with Crippen molar-refractivity contribution < 1.29 is 0 Å². The average molecular weight is 162 g/mol. The molecule has 0 aromatic carbocycles. The lowest BCUT2D eigenvalue weighted by molar-refractivity contribution is 0.724. The molecule has 0 aromatic rings. The molecule has 1 rings (SSSR count). The van der Waals surface area contributed by atoms with Gasteiger partial charge in [0.05, 0.1) is 0 Å². The monoisotopic (exact) mass is 162 g/mol. The highest BCUT2D eigenvalue weighted by molar-refractivity contribution is 5.53. The third-order valence-corrected chi connectivity index (χ3v) is 2.32. The maximum atomic E-state index is 4.04. The van der Waals surface area contributed by atoms with E-state index in [0.29, 0.717) is 11.8 Å². The van der Waals surface area contributed by atoms with Crippen LogP contribution in [0.3, 0.4) is 0 Å². The Morgan fingerprint density at radius 2 is 1.58 bits per heavy atom. The predicted molar refractivity (Wildman–Crippen MR) is 55.0 cm³/mol. The number of hydrogen-bond donors (Lipinski definition) is 0. The Bertz CT molecular complexity index is 239. The van der Waals surface area contributed by atoms with Gasteiger partial charge in [-0.3, -0.25) is 0 Å². The van der Waals surface area contributed by atoms with Gasteiger partial charge in [-0.15, -0.1) is 0 Å². The maximum Gasteiger partial charge on any atom is -0.0210 e. The first-order valence-corrected chi connectivity index (χ1v) is 4.65. The molecule has 0 aromatic heterocycles. The zero-order valence-electron chi connectivity index (χ0n) is 8.52. The molecule has 0 unspecified atom stereocenters. The Labute approximate surface area is 75.7 Å². The van der Waals surface area contributed by atoms with Crippen molar-refractivity contribution in [3.63, 3.8) is 0 Å². The first-order chi connectivity index (χ1) is 5.54. The highest BCUT2D eigenvalue weighted by Crippen LogP contribution is 2.33. The van der Waals surface area contributed by atoms with Crippen LogP contribution < -0.4 is 0 Å². The van der Waals surface area contributed by atoms with Crippen LogP contribution in [0.5, 0.6) is 0 Å². The molecule has 0 saturated carbocycles. The summed E-state index contributed by atoms with van der Waals surface area (Å²) in [6.45, 7) is 13.0. The van der Waals surface area contributed by atoms with E-state index >= 15 is 0 Å². The molecule has 0 nitrogen and oxygen atoms in total. The van der Waals surface area contributed by atoms with Crippen LogP contribution in [0.4, 0.5) is 0 Å². The van der Waals surface area contributed by atoms with Gasteiger partial charge in [0.15, 0.2) is 0 Å². The van der Waals surface area contributed by atoms with E-state index in [1.807, 2.05) is 0 Å². The fraction of sp³-hybridized carbons (Fsp3) is 0.500. The largest absolute Gasteiger partial charge is 0.0915 e. The third-order valence-electron chi connectivity index (χ3n) is 2.32. The van der Waals surface area contributed by atoms with Crippen LogP contribution in [0.1, 0.15) is 27.7 Å². The number of rotatable bonds is 2. The summed E-state index contributed by atoms with van der Waals surface area (Å²) >= 11 is 0. The van der Waals surface area contributed by atoms with Gasteiger partial charge in [-0.1, -0.05) is 46.4 Å². The molecule has 0 atom stereocenters. The van der Waals surface area contributed by atoms with Gasteiger partial charge in [-0.25, -0.2) is 0 Å². The van der Waals surface area contributed by atoms with Crippen LogP contribution in [0.15, 0.2) is 35.5 Å². The van der Waals surface area contributed by atoms with Gasteiger partial charge in [0, 0.05) is 0 Å². The van der Waals surface area contributed by atoms with E-state index in [0.717, 1.165) is 0 Å². The summed E-state index contributed by atoms with van der Waals surface area (Å²) in [5, 5.41) is 0. The van der Waals surface area contributed by atoms with E-state index in [9.17, 15) is 0 Å². The van der Waals surface area contributed by atoms with Crippen molar-refractivity contribution in [3.8, 4) is 0 Å². The van der Waals surface area contributed by atoms with E-state index < -0.39 is 0 Å². The molecule has 0 bridgehead atoms. The van der Waals surface area contributed by atoms with Gasteiger partial charge < -0.3 is 0 Å². The molecule has 0 saturated heterocycles. The minimum atomic E-state index is 0.602. The quantitative estimate of drug-likeness (QED) is 0.580. The molecule has 0 heteroatoms. The van der Waals surface area contributed by atoms with Crippen molar-refractivity contribution in [2.45, 2.75) is 27.7 Å². The first kappa shape index (κ1) is 9.31. The molecule has 0 N–H and O–H groups in total. The summed E-state index contributed by atoms with van der Waals surface area (Å²) in [7, 11) is 0. The molecular weight excluding hydrogens is 144 g/mol. The lowest BCUT2D eigenvalue weighted by atomic mass is 9.91. The van der Waals surface area contributed by atoms with Crippen LogP contribution in [0.2, 0.25) is 0 Å². The lowest BCUT2D eigenvalue weighted by Gasteiger charge is -2.14. The molecule has 1 aliphatic rings. The number of allylic oxidation sites excluding steroid dienone is 5. The van der Waals surface area contributed by atoms with Crippen LogP contribution in [-0.2, 0) is 0 Å². The predicted octanol–water partition coefficient (Wildman–Crippen LogP) is 3.72. The summed E-state index contributed by atoms with van der Waals surface area (Å²) < 4.78 is 0. The summed E-state index contributed by atoms with van der Waals surface area (Å²) in [4.78, 5) is 0. The van der Waals surface area contributed by atoms with E-state index in [1.54, 1.807) is 0 Å². The van der Waals surface area contributed by atoms with Crippen molar-refractivity contribution in [3.05, 3.63) is 35.5 Å². The minimum Gasteiger partial charge on any atom is -0.0915 e. The van der Waals surface area contributed by atoms with E-state index in [-0.39, 0.29) is 0 Å². The van der Waals surface area contributed by atoms with E-state index in [4.69, 9.17) is 0 Å². The van der Waals surface area contributed by atoms with Crippen LogP contribution in [0.25, 0.3) is 0 Å². The van der Waals surface area contributed by atoms with Gasteiger partial charge in [-0.05, 0) is 28.6 Å². The Kier molecular flexibility index (Phi) is 2.56. The van der Waals surface area contributed by atoms with Gasteiger partial charge >= 0.3 is 0 Å². The third kappa shape index (κ3) is 1.52. The molecule has 0 aliphatic heterocycles. The van der Waals surface area contributed by atoms with Gasteiger partial charge in [0.1, 0.15) is 0 Å². The van der Waals surface area contributed by atoms with Gasteiger partial charge in [0.2, 0.25) is 0 Å². The van der Waals surface area contributed by atoms with Gasteiger partial charge in [0.25, 0.3) is 0 Å². The van der Waals surface area contributed by atoms with Gasteiger partial charge in [-0.2, -0.15) is 0 Å². The fourth-order valence-electron chi connectivity index (χ4n) is 1.76. The summed E-state index contributed by atoms with van der Waals surface area (Å²) in [5.41, 5.74) is 4.12. The minimum absolute atomic E-state index is 0.602. The molecule has 0 amide bonds. The Morgan fingerprint density at radius 1 is 1.00 bits per heavy atom. The smallest absolute Gasteiger partial charge is 0.0210 e. The van der Waals surface area contributed by atoms with Crippen LogP contribution in [-0.4, -0.2) is 0 Å². The molecule has 1 aliphatic carbocycles. The topological polar surface area (TPSA) is 0 Å². The van der Waals surface area contributed by atoms with E-state index in [1.165, 1.54) is 16.7 Å². The summed E-state index contributed by atoms with van der Waals surface area (Å²) in [5.74, 6) is 1.22. The highest BCUT2D eigenvalue weighted by Gasteiger charge is 2.17. The second kappa shape index (κ2) is 3.30. The van der Waals surface area contributed by atoms with Crippen LogP contribution >= 0.6 is 0 Å². The van der Waals surface area contributed by atoms with Crippen molar-refractivity contribution in [2.75, 3.05) is 0 Å². The van der Waals surface area contributed by atoms with Crippen molar-refractivity contribution in [1.82, 2.24) is 0 Å². The molecule has 0 spiro atoms. The fourth-order valence-corrected chi connectivity index (χ4v) is 1.76.